The maximum absolute atomic E-state index is 13.3. The number of halogens is 2. The zero-order valence-corrected chi connectivity index (χ0v) is 9.29. The fraction of sp³-hybridized carbons (Fsp3) is 0.778. The van der Waals surface area contributed by atoms with Gasteiger partial charge in [0.2, 0.25) is 0 Å². The first-order valence-electron chi connectivity index (χ1n) is 5.32. The Morgan fingerprint density at radius 3 is 2.83 bits per heavy atom. The lowest BCUT2D eigenvalue weighted by atomic mass is 10.1. The summed E-state index contributed by atoms with van der Waals surface area (Å²) < 4.78 is 31.8. The third kappa shape index (κ3) is 2.16. The molecule has 2 aliphatic rings. The maximum Gasteiger partial charge on any atom is 0.347 e. The van der Waals surface area contributed by atoms with Crippen molar-refractivity contribution >= 4 is 11.9 Å². The lowest BCUT2D eigenvalue weighted by Crippen LogP contribution is -2.55. The number of aliphatic hydroxyl groups excluding tert-OH is 2. The maximum atomic E-state index is 13.3. The molecule has 2 rings (SSSR count). The Balaban J connectivity index is 2.14. The predicted octanol–water partition coefficient (Wildman–Crippen LogP) is -1.12. The standard InChI is InChI=1S/C9H13F2N3O4/c10-9(11)3-14(8(17)13-7(9)12)6-1-4(16)5(2-15)18-6/h4-6,15-16H,1-3H2,(H2,12,13,17)/t4-,5+,6+/m0/s1. The molecule has 2 aliphatic heterocycles. The molecule has 102 valence electrons. The summed E-state index contributed by atoms with van der Waals surface area (Å²) in [6.45, 7) is -1.40. The minimum Gasteiger partial charge on any atom is -0.394 e. The van der Waals surface area contributed by atoms with Crippen LogP contribution >= 0.6 is 0 Å². The van der Waals surface area contributed by atoms with Crippen LogP contribution in [0.5, 0.6) is 0 Å². The lowest BCUT2D eigenvalue weighted by Gasteiger charge is -2.33. The van der Waals surface area contributed by atoms with Crippen molar-refractivity contribution in [3.05, 3.63) is 0 Å². The molecule has 3 atom stereocenters. The second kappa shape index (κ2) is 4.41. The number of rotatable bonds is 2. The van der Waals surface area contributed by atoms with Crippen LogP contribution in [-0.2, 0) is 4.74 Å². The summed E-state index contributed by atoms with van der Waals surface area (Å²) in [5.41, 5.74) is 4.97. The van der Waals surface area contributed by atoms with Gasteiger partial charge in [-0.2, -0.15) is 13.8 Å². The van der Waals surface area contributed by atoms with Crippen molar-refractivity contribution in [1.29, 1.82) is 0 Å². The molecule has 1 saturated heterocycles. The smallest absolute Gasteiger partial charge is 0.347 e. The van der Waals surface area contributed by atoms with Crippen LogP contribution < -0.4 is 5.73 Å². The molecule has 0 spiro atoms. The van der Waals surface area contributed by atoms with Gasteiger partial charge in [0.1, 0.15) is 12.3 Å². The van der Waals surface area contributed by atoms with E-state index in [2.05, 4.69) is 4.99 Å². The lowest BCUT2D eigenvalue weighted by molar-refractivity contribution is -0.0828. The van der Waals surface area contributed by atoms with Crippen molar-refractivity contribution in [2.24, 2.45) is 10.7 Å². The van der Waals surface area contributed by atoms with Gasteiger partial charge in [-0.15, -0.1) is 0 Å². The van der Waals surface area contributed by atoms with Gasteiger partial charge >= 0.3 is 12.0 Å². The molecule has 4 N–H and O–H groups in total. The number of amides is 2. The molecule has 0 aromatic heterocycles. The van der Waals surface area contributed by atoms with Gasteiger partial charge in [0.25, 0.3) is 0 Å². The highest BCUT2D eigenvalue weighted by Crippen LogP contribution is 2.29. The van der Waals surface area contributed by atoms with E-state index in [9.17, 15) is 18.7 Å². The third-order valence-corrected chi connectivity index (χ3v) is 2.94. The second-order valence-corrected chi connectivity index (χ2v) is 4.23. The van der Waals surface area contributed by atoms with E-state index in [1.807, 2.05) is 0 Å². The van der Waals surface area contributed by atoms with E-state index in [1.54, 1.807) is 0 Å². The quantitative estimate of drug-likeness (QED) is 0.586. The number of nitrogens with two attached hydrogens (primary N) is 1. The fourth-order valence-corrected chi connectivity index (χ4v) is 1.91. The van der Waals surface area contributed by atoms with Crippen LogP contribution in [0.1, 0.15) is 6.42 Å². The van der Waals surface area contributed by atoms with Crippen LogP contribution in [0.25, 0.3) is 0 Å². The van der Waals surface area contributed by atoms with Crippen LogP contribution in [0.2, 0.25) is 0 Å². The topological polar surface area (TPSA) is 108 Å². The van der Waals surface area contributed by atoms with Crippen molar-refractivity contribution in [1.82, 2.24) is 4.90 Å². The third-order valence-electron chi connectivity index (χ3n) is 2.94. The second-order valence-electron chi connectivity index (χ2n) is 4.23. The minimum absolute atomic E-state index is 0.0531. The van der Waals surface area contributed by atoms with E-state index in [0.29, 0.717) is 4.90 Å². The summed E-state index contributed by atoms with van der Waals surface area (Å²) in [6.07, 6.45) is -2.99. The Morgan fingerprint density at radius 2 is 2.28 bits per heavy atom. The molecule has 0 aromatic rings. The highest BCUT2D eigenvalue weighted by Gasteiger charge is 2.48. The molecule has 1 fully saturated rings. The molecular formula is C9H13F2N3O4. The van der Waals surface area contributed by atoms with E-state index in [-0.39, 0.29) is 6.42 Å². The molecule has 0 saturated carbocycles. The molecule has 0 bridgehead atoms. The van der Waals surface area contributed by atoms with Gasteiger partial charge in [-0.25, -0.2) is 4.79 Å². The number of hydrogen-bond acceptors (Lipinski definition) is 5. The Bertz CT molecular complexity index is 390. The van der Waals surface area contributed by atoms with Crippen molar-refractivity contribution in [3.8, 4) is 0 Å². The minimum atomic E-state index is -3.42. The van der Waals surface area contributed by atoms with Crippen LogP contribution in [0.15, 0.2) is 4.99 Å². The van der Waals surface area contributed by atoms with E-state index < -0.39 is 49.4 Å². The normalized spacial score (nSPS) is 35.8. The highest BCUT2D eigenvalue weighted by atomic mass is 19.3. The molecule has 2 heterocycles. The molecule has 0 unspecified atom stereocenters. The van der Waals surface area contributed by atoms with Crippen molar-refractivity contribution in [3.63, 3.8) is 0 Å². The van der Waals surface area contributed by atoms with Gasteiger partial charge in [0.05, 0.1) is 19.3 Å². The van der Waals surface area contributed by atoms with Gasteiger partial charge in [-0.05, 0) is 0 Å². The first-order valence-corrected chi connectivity index (χ1v) is 5.32. The average Bonchev–Trinajstić information content (AvgIpc) is 2.65. The first kappa shape index (κ1) is 13.1. The number of aliphatic imine (C=N–C) groups is 1. The Kier molecular flexibility index (Phi) is 3.21. The monoisotopic (exact) mass is 265 g/mol. The number of urea groups is 1. The molecular weight excluding hydrogens is 252 g/mol. The van der Waals surface area contributed by atoms with Crippen molar-refractivity contribution in [2.75, 3.05) is 13.2 Å². The highest BCUT2D eigenvalue weighted by molar-refractivity contribution is 5.99. The van der Waals surface area contributed by atoms with Crippen LogP contribution in [0, 0.1) is 0 Å². The zero-order valence-electron chi connectivity index (χ0n) is 9.29. The van der Waals surface area contributed by atoms with Crippen LogP contribution in [-0.4, -0.2) is 64.5 Å². The summed E-state index contributed by atoms with van der Waals surface area (Å²) in [5.74, 6) is -4.44. The first-order chi connectivity index (χ1) is 8.35. The Hall–Kier alpha value is -1.32. The number of hydrogen-bond donors (Lipinski definition) is 3. The van der Waals surface area contributed by atoms with Gasteiger partial charge < -0.3 is 20.7 Å². The number of alkyl halides is 2. The summed E-state index contributed by atoms with van der Waals surface area (Å²) in [4.78, 5) is 15.2. The molecule has 0 aliphatic carbocycles. The van der Waals surface area contributed by atoms with Gasteiger partial charge in [0, 0.05) is 6.42 Å². The number of amidine groups is 1. The zero-order chi connectivity index (χ0) is 13.5. The SMILES string of the molecule is NC1=NC(=O)N([C@H]2C[C@H](O)[C@@H](CO)O2)CC1(F)F. The largest absolute Gasteiger partial charge is 0.394 e. The van der Waals surface area contributed by atoms with E-state index in [0.717, 1.165) is 0 Å². The number of nitrogens with zero attached hydrogens (tertiary/aromatic N) is 2. The fourth-order valence-electron chi connectivity index (χ4n) is 1.91. The van der Waals surface area contributed by atoms with Gasteiger partial charge in [-0.1, -0.05) is 0 Å². The molecule has 2 amide bonds. The predicted molar refractivity (Wildman–Crippen MR) is 55.0 cm³/mol. The Labute approximate surface area is 101 Å². The van der Waals surface area contributed by atoms with Crippen LogP contribution in [0.3, 0.4) is 0 Å². The van der Waals surface area contributed by atoms with E-state index >= 15 is 0 Å². The molecule has 7 nitrogen and oxygen atoms in total. The van der Waals surface area contributed by atoms with E-state index in [1.165, 1.54) is 0 Å². The van der Waals surface area contributed by atoms with Crippen LogP contribution in [0.4, 0.5) is 13.6 Å². The summed E-state index contributed by atoms with van der Waals surface area (Å²) in [5, 5.41) is 18.4. The molecule has 18 heavy (non-hydrogen) atoms. The number of aliphatic hydroxyl groups is 2. The average molecular weight is 265 g/mol. The number of carbonyl (C=O) groups is 1. The molecule has 0 radical (unpaired) electrons. The summed E-state index contributed by atoms with van der Waals surface area (Å²) >= 11 is 0. The molecule has 0 aromatic carbocycles. The number of ether oxygens (including phenoxy) is 1. The summed E-state index contributed by atoms with van der Waals surface area (Å²) in [7, 11) is 0. The van der Waals surface area contributed by atoms with Crippen molar-refractivity contribution < 1.29 is 28.5 Å². The number of carbonyl (C=O) groups excluding carboxylic acids is 1. The Morgan fingerprint density at radius 1 is 1.61 bits per heavy atom. The van der Waals surface area contributed by atoms with E-state index in [4.69, 9.17) is 15.6 Å². The van der Waals surface area contributed by atoms with Gasteiger partial charge in [0.15, 0.2) is 5.84 Å². The molecule has 9 heteroatoms. The summed E-state index contributed by atoms with van der Waals surface area (Å²) in [6, 6.07) is -0.936. The van der Waals surface area contributed by atoms with Gasteiger partial charge in [-0.3, -0.25) is 4.90 Å². The van der Waals surface area contributed by atoms with Crippen molar-refractivity contribution in [2.45, 2.75) is 30.8 Å².